The summed E-state index contributed by atoms with van der Waals surface area (Å²) in [5.74, 6) is -1.42. The lowest BCUT2D eigenvalue weighted by molar-refractivity contribution is -0.931. The van der Waals surface area contributed by atoms with Crippen LogP contribution in [0.4, 0.5) is 0 Å². The molecule has 6 nitrogen and oxygen atoms in total. The van der Waals surface area contributed by atoms with Crippen molar-refractivity contribution in [1.82, 2.24) is 10.3 Å². The highest BCUT2D eigenvalue weighted by Gasteiger charge is 2.33. The molecule has 0 radical (unpaired) electrons. The molecule has 2 rings (SSSR count). The molecule has 2 unspecified atom stereocenters. The summed E-state index contributed by atoms with van der Waals surface area (Å²) in [6.07, 6.45) is 1.43. The summed E-state index contributed by atoms with van der Waals surface area (Å²) in [7, 11) is 0. The number of aliphatic carboxylic acids is 1. The van der Waals surface area contributed by atoms with E-state index in [0.717, 1.165) is 10.6 Å². The predicted octanol–water partition coefficient (Wildman–Crippen LogP) is -2.90. The summed E-state index contributed by atoms with van der Waals surface area (Å²) in [6, 6.07) is 4.97. The summed E-state index contributed by atoms with van der Waals surface area (Å²) in [4.78, 5) is 27.5. The molecule has 1 fully saturated rings. The topological polar surface area (TPSA) is 86.6 Å². The zero-order valence-corrected chi connectivity index (χ0v) is 9.89. The number of nitrogens with zero attached hydrogens (tertiary/aromatic N) is 1. The number of aromatic nitrogens is 1. The van der Waals surface area contributed by atoms with Crippen molar-refractivity contribution in [2.24, 2.45) is 0 Å². The van der Waals surface area contributed by atoms with Gasteiger partial charge in [0.25, 0.3) is 5.91 Å². The van der Waals surface area contributed by atoms with E-state index in [2.05, 4.69) is 10.3 Å². The first-order valence-electron chi connectivity index (χ1n) is 5.89. The van der Waals surface area contributed by atoms with E-state index in [9.17, 15) is 14.7 Å². The quantitative estimate of drug-likeness (QED) is 0.599. The van der Waals surface area contributed by atoms with Crippen LogP contribution in [0.5, 0.6) is 0 Å². The van der Waals surface area contributed by atoms with Crippen LogP contribution in [0.1, 0.15) is 12.1 Å². The minimum atomic E-state index is -1.20. The highest BCUT2D eigenvalue weighted by molar-refractivity contribution is 5.84. The molecule has 1 amide bonds. The van der Waals surface area contributed by atoms with Gasteiger partial charge in [0.05, 0.1) is 18.8 Å². The Bertz CT molecular complexity index is 435. The molecule has 2 atom stereocenters. The van der Waals surface area contributed by atoms with E-state index in [1.807, 2.05) is 18.2 Å². The number of carboxylic acid groups (broad SMARTS) is 1. The number of amides is 1. The lowest BCUT2D eigenvalue weighted by Gasteiger charge is -2.31. The minimum Gasteiger partial charge on any atom is -0.550 e. The number of hydrogen-bond acceptors (Lipinski definition) is 4. The molecule has 0 aromatic carbocycles. The maximum atomic E-state index is 11.7. The number of carboxylic acids is 1. The Balaban J connectivity index is 2.08. The average Bonchev–Trinajstić information content (AvgIpc) is 2.34. The molecule has 0 spiro atoms. The smallest absolute Gasteiger partial charge is 0.278 e. The van der Waals surface area contributed by atoms with Gasteiger partial charge in [0.2, 0.25) is 0 Å². The fourth-order valence-corrected chi connectivity index (χ4v) is 2.18. The number of nitrogens with one attached hydrogen (secondary N) is 2. The molecule has 1 aliphatic rings. The molecule has 96 valence electrons. The fraction of sp³-hybridized carbons (Fsp3) is 0.417. The molecule has 1 aromatic rings. The van der Waals surface area contributed by atoms with Gasteiger partial charge in [-0.1, -0.05) is 6.07 Å². The highest BCUT2D eigenvalue weighted by atomic mass is 16.4. The molecule has 2 N–H and O–H groups in total. The van der Waals surface area contributed by atoms with Crippen molar-refractivity contribution >= 4 is 11.9 Å². The van der Waals surface area contributed by atoms with Crippen molar-refractivity contribution in [3.63, 3.8) is 0 Å². The van der Waals surface area contributed by atoms with Crippen LogP contribution in [-0.4, -0.2) is 36.0 Å². The van der Waals surface area contributed by atoms with Crippen LogP contribution in [0.25, 0.3) is 0 Å². The molecule has 18 heavy (non-hydrogen) atoms. The SMILES string of the molecule is O=C([O-])CC1C(=O)NCC[NH+]1Cc1ccccn1. The molecule has 0 saturated carbocycles. The third kappa shape index (κ3) is 3.04. The summed E-state index contributed by atoms with van der Waals surface area (Å²) < 4.78 is 0. The van der Waals surface area contributed by atoms with Gasteiger partial charge in [-0.05, 0) is 12.1 Å². The van der Waals surface area contributed by atoms with Crippen LogP contribution in [0.2, 0.25) is 0 Å². The first kappa shape index (κ1) is 12.5. The molecule has 1 saturated heterocycles. The van der Waals surface area contributed by atoms with Crippen LogP contribution in [0.15, 0.2) is 24.4 Å². The number of carbonyl (C=O) groups excluding carboxylic acids is 2. The maximum Gasteiger partial charge on any atom is 0.278 e. The highest BCUT2D eigenvalue weighted by Crippen LogP contribution is 1.95. The predicted molar refractivity (Wildman–Crippen MR) is 60.2 cm³/mol. The molecule has 0 bridgehead atoms. The van der Waals surface area contributed by atoms with Gasteiger partial charge in [0.1, 0.15) is 6.54 Å². The Morgan fingerprint density at radius 1 is 1.56 bits per heavy atom. The summed E-state index contributed by atoms with van der Waals surface area (Å²) in [5, 5.41) is 13.4. The van der Waals surface area contributed by atoms with Gasteiger partial charge >= 0.3 is 0 Å². The molecule has 0 aliphatic carbocycles. The Hall–Kier alpha value is -1.95. The van der Waals surface area contributed by atoms with Gasteiger partial charge in [-0.25, -0.2) is 0 Å². The molecule has 1 aliphatic heterocycles. The van der Waals surface area contributed by atoms with Crippen molar-refractivity contribution in [2.75, 3.05) is 13.1 Å². The van der Waals surface area contributed by atoms with Crippen molar-refractivity contribution in [2.45, 2.75) is 19.0 Å². The summed E-state index contributed by atoms with van der Waals surface area (Å²) >= 11 is 0. The molecule has 2 heterocycles. The third-order valence-electron chi connectivity index (χ3n) is 3.06. The van der Waals surface area contributed by atoms with Crippen molar-refractivity contribution in [3.8, 4) is 0 Å². The Morgan fingerprint density at radius 3 is 3.06 bits per heavy atom. The van der Waals surface area contributed by atoms with Gasteiger partial charge in [0.15, 0.2) is 6.04 Å². The molecule has 6 heteroatoms. The van der Waals surface area contributed by atoms with Gasteiger partial charge in [-0.15, -0.1) is 0 Å². The van der Waals surface area contributed by atoms with Gasteiger partial charge in [0, 0.05) is 18.6 Å². The monoisotopic (exact) mass is 249 g/mol. The number of carbonyl (C=O) groups is 2. The zero-order valence-electron chi connectivity index (χ0n) is 9.89. The average molecular weight is 249 g/mol. The molecule has 1 aromatic heterocycles. The van der Waals surface area contributed by atoms with Gasteiger partial charge in [-0.2, -0.15) is 0 Å². The van der Waals surface area contributed by atoms with Crippen LogP contribution in [-0.2, 0) is 16.1 Å². The zero-order chi connectivity index (χ0) is 13.0. The van der Waals surface area contributed by atoms with E-state index in [1.54, 1.807) is 6.20 Å². The Kier molecular flexibility index (Phi) is 3.88. The van der Waals surface area contributed by atoms with Crippen LogP contribution in [0.3, 0.4) is 0 Å². The molecular weight excluding hydrogens is 234 g/mol. The van der Waals surface area contributed by atoms with E-state index in [4.69, 9.17) is 0 Å². The largest absolute Gasteiger partial charge is 0.550 e. The Morgan fingerprint density at radius 2 is 2.39 bits per heavy atom. The maximum absolute atomic E-state index is 11.7. The van der Waals surface area contributed by atoms with E-state index < -0.39 is 12.0 Å². The number of hydrogen-bond donors (Lipinski definition) is 2. The van der Waals surface area contributed by atoms with Crippen LogP contribution < -0.4 is 15.3 Å². The number of piperazine rings is 1. The standard InChI is InChI=1S/C12H15N3O3/c16-11(17)7-10-12(18)14-5-6-15(10)8-9-3-1-2-4-13-9/h1-4,10H,5-8H2,(H,14,18)(H,16,17). The second kappa shape index (κ2) is 5.59. The summed E-state index contributed by atoms with van der Waals surface area (Å²) in [5.41, 5.74) is 0.852. The second-order valence-corrected chi connectivity index (χ2v) is 4.33. The number of quaternary nitrogens is 1. The van der Waals surface area contributed by atoms with Crippen LogP contribution in [0, 0.1) is 0 Å². The second-order valence-electron chi connectivity index (χ2n) is 4.33. The lowest BCUT2D eigenvalue weighted by Crippen LogP contribution is -3.18. The van der Waals surface area contributed by atoms with E-state index in [-0.39, 0.29) is 12.3 Å². The van der Waals surface area contributed by atoms with E-state index in [1.165, 1.54) is 0 Å². The Labute approximate surface area is 105 Å². The normalized spacial score (nSPS) is 23.4. The first-order valence-corrected chi connectivity index (χ1v) is 5.89. The van der Waals surface area contributed by atoms with E-state index >= 15 is 0 Å². The molecular formula is C12H15N3O3. The van der Waals surface area contributed by atoms with Crippen molar-refractivity contribution in [1.29, 1.82) is 0 Å². The fourth-order valence-electron chi connectivity index (χ4n) is 2.18. The van der Waals surface area contributed by atoms with Crippen molar-refractivity contribution < 1.29 is 19.6 Å². The van der Waals surface area contributed by atoms with Crippen molar-refractivity contribution in [3.05, 3.63) is 30.1 Å². The first-order chi connectivity index (χ1) is 8.66. The lowest BCUT2D eigenvalue weighted by atomic mass is 10.1. The van der Waals surface area contributed by atoms with E-state index in [0.29, 0.717) is 19.6 Å². The van der Waals surface area contributed by atoms with Gasteiger partial charge in [-0.3, -0.25) is 9.78 Å². The number of rotatable bonds is 4. The number of pyridine rings is 1. The van der Waals surface area contributed by atoms with Crippen LogP contribution >= 0.6 is 0 Å². The summed E-state index contributed by atoms with van der Waals surface area (Å²) in [6.45, 7) is 1.80. The minimum absolute atomic E-state index is 0.226. The van der Waals surface area contributed by atoms with Gasteiger partial charge < -0.3 is 20.1 Å². The third-order valence-corrected chi connectivity index (χ3v) is 3.06.